The summed E-state index contributed by atoms with van der Waals surface area (Å²) in [5.41, 5.74) is 1.32. The van der Waals surface area contributed by atoms with Crippen molar-refractivity contribution in [3.05, 3.63) is 35.9 Å². The van der Waals surface area contributed by atoms with Crippen LogP contribution in [0.2, 0.25) is 0 Å². The van der Waals surface area contributed by atoms with Gasteiger partial charge in [-0.15, -0.1) is 0 Å². The van der Waals surface area contributed by atoms with Gasteiger partial charge >= 0.3 is 0 Å². The van der Waals surface area contributed by atoms with E-state index in [1.807, 2.05) is 30.3 Å². The molecule has 3 N–H and O–H groups in total. The predicted molar refractivity (Wildman–Crippen MR) is 113 cm³/mol. The Labute approximate surface area is 174 Å². The Bertz CT molecular complexity index is 696. The van der Waals surface area contributed by atoms with Crippen molar-refractivity contribution in [1.82, 2.24) is 10.6 Å². The Kier molecular flexibility index (Phi) is 5.95. The van der Waals surface area contributed by atoms with Crippen molar-refractivity contribution < 1.29 is 14.5 Å². The van der Waals surface area contributed by atoms with Gasteiger partial charge in [0.2, 0.25) is 11.8 Å². The zero-order valence-corrected chi connectivity index (χ0v) is 17.9. The van der Waals surface area contributed by atoms with Gasteiger partial charge in [0, 0.05) is 6.42 Å². The highest BCUT2D eigenvalue weighted by atomic mass is 16.2. The van der Waals surface area contributed by atoms with E-state index >= 15 is 0 Å². The largest absolute Gasteiger partial charge is 0.347 e. The molecule has 1 aromatic rings. The van der Waals surface area contributed by atoms with Crippen LogP contribution in [0.5, 0.6) is 0 Å². The fourth-order valence-corrected chi connectivity index (χ4v) is 6.68. The normalized spacial score (nSPS) is 30.9. The molecule has 0 aromatic heterocycles. The zero-order chi connectivity index (χ0) is 20.4. The first-order valence-corrected chi connectivity index (χ1v) is 11.3. The van der Waals surface area contributed by atoms with Gasteiger partial charge in [0.1, 0.15) is 12.6 Å². The summed E-state index contributed by atoms with van der Waals surface area (Å²) in [7, 11) is 4.16. The molecule has 158 valence electrons. The highest BCUT2D eigenvalue weighted by Crippen LogP contribution is 2.61. The summed E-state index contributed by atoms with van der Waals surface area (Å²) in [6.07, 6.45) is 8.43. The van der Waals surface area contributed by atoms with Crippen molar-refractivity contribution >= 4 is 11.8 Å². The summed E-state index contributed by atoms with van der Waals surface area (Å²) in [6.45, 7) is 0.869. The number of likely N-dealkylation sites (N-methyl/N-ethyl adjacent to an activating group) is 1. The van der Waals surface area contributed by atoms with Gasteiger partial charge in [0.15, 0.2) is 0 Å². The number of quaternary nitrogens is 1. The molecule has 0 unspecified atom stereocenters. The van der Waals surface area contributed by atoms with Crippen molar-refractivity contribution in [2.24, 2.45) is 23.2 Å². The van der Waals surface area contributed by atoms with E-state index in [1.165, 1.54) is 43.4 Å². The zero-order valence-electron chi connectivity index (χ0n) is 17.9. The van der Waals surface area contributed by atoms with Gasteiger partial charge in [-0.05, 0) is 67.3 Å². The van der Waals surface area contributed by atoms with Gasteiger partial charge in [-0.25, -0.2) is 0 Å². The molecule has 4 aliphatic rings. The lowest BCUT2D eigenvalue weighted by atomic mass is 9.49. The topological polar surface area (TPSA) is 62.6 Å². The second-order valence-corrected chi connectivity index (χ2v) is 10.3. The van der Waals surface area contributed by atoms with Crippen LogP contribution in [0.3, 0.4) is 0 Å². The molecule has 2 amide bonds. The fraction of sp³-hybridized carbons (Fsp3) is 0.667. The Balaban J connectivity index is 1.28. The van der Waals surface area contributed by atoms with E-state index in [4.69, 9.17) is 0 Å². The van der Waals surface area contributed by atoms with Crippen molar-refractivity contribution in [2.75, 3.05) is 27.2 Å². The molecule has 1 aromatic carbocycles. The molecule has 0 heterocycles. The van der Waals surface area contributed by atoms with E-state index in [9.17, 15) is 9.59 Å². The second-order valence-electron chi connectivity index (χ2n) is 10.3. The van der Waals surface area contributed by atoms with E-state index in [1.54, 1.807) is 0 Å². The number of carbonyl (C=O) groups excluding carboxylic acids is 2. The maximum atomic E-state index is 12.7. The Morgan fingerprint density at radius 2 is 1.59 bits per heavy atom. The first kappa shape index (κ1) is 20.4. The molecule has 4 saturated carbocycles. The summed E-state index contributed by atoms with van der Waals surface area (Å²) < 4.78 is 0. The lowest BCUT2D eigenvalue weighted by Gasteiger charge is -2.56. The van der Waals surface area contributed by atoms with Gasteiger partial charge < -0.3 is 15.5 Å². The highest BCUT2D eigenvalue weighted by molar-refractivity contribution is 5.85. The molecule has 4 bridgehead atoms. The van der Waals surface area contributed by atoms with Gasteiger partial charge in [-0.1, -0.05) is 30.3 Å². The fourth-order valence-electron chi connectivity index (χ4n) is 6.68. The Morgan fingerprint density at radius 3 is 2.14 bits per heavy atom. The molecule has 0 aliphatic heterocycles. The van der Waals surface area contributed by atoms with Crippen LogP contribution in [0, 0.1) is 23.2 Å². The lowest BCUT2D eigenvalue weighted by Crippen LogP contribution is -3.06. The number of carbonyl (C=O) groups is 2. The molecule has 0 saturated heterocycles. The van der Waals surface area contributed by atoms with Crippen LogP contribution in [-0.4, -0.2) is 39.0 Å². The van der Waals surface area contributed by atoms with Crippen LogP contribution in [0.4, 0.5) is 0 Å². The molecule has 5 rings (SSSR count). The van der Waals surface area contributed by atoms with Crippen molar-refractivity contribution in [3.8, 4) is 0 Å². The van der Waals surface area contributed by atoms with E-state index < -0.39 is 0 Å². The molecule has 0 spiro atoms. The SMILES string of the molecule is C[NH+](C)C[C@H](NC(=O)CNC(=O)CC12CC3CC(CC(C3)C1)C2)c1ccccc1. The minimum Gasteiger partial charge on any atom is -0.347 e. The van der Waals surface area contributed by atoms with Crippen LogP contribution in [0.25, 0.3) is 0 Å². The smallest absolute Gasteiger partial charge is 0.240 e. The summed E-state index contributed by atoms with van der Waals surface area (Å²) in [6, 6.07) is 10.0. The standard InChI is InChI=1S/C24H35N3O2/c1-27(2)16-21(20-6-4-3-5-7-20)26-23(29)15-25-22(28)14-24-11-17-8-18(12-24)10-19(9-17)13-24/h3-7,17-19,21H,8-16H2,1-2H3,(H,25,28)(H,26,29)/p+1/t17?,18?,19?,21-,24?/m0/s1. The average Bonchev–Trinajstić information content (AvgIpc) is 2.65. The van der Waals surface area contributed by atoms with Gasteiger partial charge in [0.25, 0.3) is 0 Å². The number of amides is 2. The molecule has 5 nitrogen and oxygen atoms in total. The van der Waals surface area contributed by atoms with Crippen LogP contribution < -0.4 is 15.5 Å². The lowest BCUT2D eigenvalue weighted by molar-refractivity contribution is -0.860. The Morgan fingerprint density at radius 1 is 1.00 bits per heavy atom. The quantitative estimate of drug-likeness (QED) is 0.624. The van der Waals surface area contributed by atoms with Crippen molar-refractivity contribution in [1.29, 1.82) is 0 Å². The number of benzene rings is 1. The molecule has 1 atom stereocenters. The van der Waals surface area contributed by atoms with Crippen LogP contribution in [0.1, 0.15) is 56.6 Å². The van der Waals surface area contributed by atoms with E-state index in [-0.39, 0.29) is 29.8 Å². The van der Waals surface area contributed by atoms with Crippen LogP contribution >= 0.6 is 0 Å². The number of rotatable bonds is 8. The summed E-state index contributed by atoms with van der Waals surface area (Å²) in [5.74, 6) is 2.48. The highest BCUT2D eigenvalue weighted by Gasteiger charge is 2.51. The summed E-state index contributed by atoms with van der Waals surface area (Å²) >= 11 is 0. The number of hydrogen-bond donors (Lipinski definition) is 3. The number of hydrogen-bond acceptors (Lipinski definition) is 2. The minimum atomic E-state index is -0.112. The monoisotopic (exact) mass is 398 g/mol. The van der Waals surface area contributed by atoms with Gasteiger partial charge in [-0.2, -0.15) is 0 Å². The molecule has 0 radical (unpaired) electrons. The second kappa shape index (κ2) is 8.47. The molecule has 29 heavy (non-hydrogen) atoms. The van der Waals surface area contributed by atoms with Crippen molar-refractivity contribution in [2.45, 2.75) is 51.0 Å². The van der Waals surface area contributed by atoms with E-state index in [0.717, 1.165) is 29.9 Å². The molecule has 5 heteroatoms. The van der Waals surface area contributed by atoms with E-state index in [2.05, 4.69) is 24.7 Å². The molecule has 4 fully saturated rings. The third-order valence-corrected chi connectivity index (χ3v) is 7.30. The van der Waals surface area contributed by atoms with Crippen LogP contribution in [0.15, 0.2) is 30.3 Å². The molecule has 4 aliphatic carbocycles. The maximum Gasteiger partial charge on any atom is 0.240 e. The summed E-state index contributed by atoms with van der Waals surface area (Å²) in [5, 5.41) is 6.01. The van der Waals surface area contributed by atoms with Gasteiger partial charge in [0.05, 0.1) is 20.6 Å². The third kappa shape index (κ3) is 5.00. The predicted octanol–water partition coefficient (Wildman–Crippen LogP) is 1.71. The number of nitrogens with one attached hydrogen (secondary N) is 3. The minimum absolute atomic E-state index is 0.0474. The van der Waals surface area contributed by atoms with Gasteiger partial charge in [-0.3, -0.25) is 9.59 Å². The van der Waals surface area contributed by atoms with E-state index in [0.29, 0.717) is 6.42 Å². The van der Waals surface area contributed by atoms with Crippen molar-refractivity contribution in [3.63, 3.8) is 0 Å². The third-order valence-electron chi connectivity index (χ3n) is 7.30. The maximum absolute atomic E-state index is 12.7. The average molecular weight is 399 g/mol. The molecular weight excluding hydrogens is 362 g/mol. The first-order chi connectivity index (χ1) is 13.9. The Hall–Kier alpha value is -1.88. The first-order valence-electron chi connectivity index (χ1n) is 11.3. The summed E-state index contributed by atoms with van der Waals surface area (Å²) in [4.78, 5) is 26.5. The molecular formula is C24H36N3O2+. The van der Waals surface area contributed by atoms with Crippen LogP contribution in [-0.2, 0) is 9.59 Å².